The van der Waals surface area contributed by atoms with Gasteiger partial charge in [0.15, 0.2) is 0 Å². The van der Waals surface area contributed by atoms with Crippen molar-refractivity contribution in [1.82, 2.24) is 5.32 Å². The molecule has 0 bridgehead atoms. The lowest BCUT2D eigenvalue weighted by atomic mass is 9.90. The molecule has 2 aromatic rings. The molecule has 0 aliphatic carbocycles. The van der Waals surface area contributed by atoms with Gasteiger partial charge in [0, 0.05) is 17.1 Å². The first kappa shape index (κ1) is 15.5. The minimum atomic E-state index is -1.18. The monoisotopic (exact) mass is 306 g/mol. The van der Waals surface area contributed by atoms with Crippen LogP contribution in [0.3, 0.4) is 0 Å². The lowest BCUT2D eigenvalue weighted by molar-refractivity contribution is -0.124. The van der Waals surface area contributed by atoms with Gasteiger partial charge in [0.2, 0.25) is 5.91 Å². The average molecular weight is 307 g/mol. The Morgan fingerprint density at radius 3 is 2.52 bits per heavy atom. The minimum Gasteiger partial charge on any atom is -0.368 e. The molecule has 0 radical (unpaired) electrons. The highest BCUT2D eigenvalue weighted by Gasteiger charge is 2.34. The molecule has 0 aliphatic heterocycles. The van der Waals surface area contributed by atoms with E-state index in [2.05, 4.69) is 5.32 Å². The van der Waals surface area contributed by atoms with E-state index in [-0.39, 0.29) is 5.02 Å². The summed E-state index contributed by atoms with van der Waals surface area (Å²) in [4.78, 5) is 11.9. The van der Waals surface area contributed by atoms with Gasteiger partial charge in [0.1, 0.15) is 11.4 Å². The van der Waals surface area contributed by atoms with E-state index >= 15 is 0 Å². The summed E-state index contributed by atoms with van der Waals surface area (Å²) in [5.41, 5.74) is 5.80. The van der Waals surface area contributed by atoms with Crippen LogP contribution in [0.25, 0.3) is 0 Å². The number of primary amides is 1. The number of carbonyl (C=O) groups excluding carboxylic acids is 1. The Bertz CT molecular complexity index is 648. The molecule has 0 fully saturated rings. The van der Waals surface area contributed by atoms with Gasteiger partial charge in [-0.3, -0.25) is 10.1 Å². The highest BCUT2D eigenvalue weighted by molar-refractivity contribution is 6.31. The molecular formula is C16H16ClFN2O. The van der Waals surface area contributed by atoms with Crippen molar-refractivity contribution >= 4 is 17.5 Å². The molecule has 21 heavy (non-hydrogen) atoms. The molecule has 0 aliphatic rings. The van der Waals surface area contributed by atoms with Crippen molar-refractivity contribution in [1.29, 1.82) is 0 Å². The van der Waals surface area contributed by atoms with Gasteiger partial charge in [-0.1, -0.05) is 48.0 Å². The van der Waals surface area contributed by atoms with Gasteiger partial charge in [-0.15, -0.1) is 0 Å². The van der Waals surface area contributed by atoms with Gasteiger partial charge >= 0.3 is 0 Å². The van der Waals surface area contributed by atoms with E-state index in [9.17, 15) is 9.18 Å². The van der Waals surface area contributed by atoms with Gasteiger partial charge in [-0.05, 0) is 24.6 Å². The Morgan fingerprint density at radius 2 is 1.95 bits per heavy atom. The Kier molecular flexibility index (Phi) is 4.60. The summed E-state index contributed by atoms with van der Waals surface area (Å²) < 4.78 is 13.2. The smallest absolute Gasteiger partial charge is 0.242 e. The van der Waals surface area contributed by atoms with E-state index in [1.807, 2.05) is 30.3 Å². The zero-order valence-electron chi connectivity index (χ0n) is 11.6. The zero-order valence-corrected chi connectivity index (χ0v) is 12.3. The summed E-state index contributed by atoms with van der Waals surface area (Å²) in [6.45, 7) is 2.07. The SMILES string of the molecule is CC(NCc1ccccc1)(C(N)=O)c1ccc(F)cc1Cl. The lowest BCUT2D eigenvalue weighted by Crippen LogP contribution is -2.50. The number of amides is 1. The molecule has 0 saturated carbocycles. The maximum Gasteiger partial charge on any atom is 0.242 e. The van der Waals surface area contributed by atoms with E-state index in [4.69, 9.17) is 17.3 Å². The van der Waals surface area contributed by atoms with Crippen LogP contribution in [0.5, 0.6) is 0 Å². The van der Waals surface area contributed by atoms with Crippen LogP contribution < -0.4 is 11.1 Å². The van der Waals surface area contributed by atoms with E-state index in [1.54, 1.807) is 6.92 Å². The van der Waals surface area contributed by atoms with E-state index in [0.29, 0.717) is 12.1 Å². The van der Waals surface area contributed by atoms with Crippen molar-refractivity contribution in [3.63, 3.8) is 0 Å². The van der Waals surface area contributed by atoms with Crippen molar-refractivity contribution < 1.29 is 9.18 Å². The Balaban J connectivity index is 2.30. The number of nitrogens with two attached hydrogens (primary N) is 1. The largest absolute Gasteiger partial charge is 0.368 e. The number of rotatable bonds is 5. The van der Waals surface area contributed by atoms with Crippen LogP contribution in [0, 0.1) is 5.82 Å². The van der Waals surface area contributed by atoms with Gasteiger partial charge < -0.3 is 5.73 Å². The predicted octanol–water partition coefficient (Wildman–Crippen LogP) is 2.97. The van der Waals surface area contributed by atoms with Crippen molar-refractivity contribution in [3.05, 3.63) is 70.5 Å². The van der Waals surface area contributed by atoms with Crippen LogP contribution in [0.15, 0.2) is 48.5 Å². The first-order valence-electron chi connectivity index (χ1n) is 6.48. The van der Waals surface area contributed by atoms with Crippen LogP contribution in [0.4, 0.5) is 4.39 Å². The second kappa shape index (κ2) is 6.24. The maximum absolute atomic E-state index is 13.2. The number of benzene rings is 2. The van der Waals surface area contributed by atoms with Gasteiger partial charge in [-0.2, -0.15) is 0 Å². The zero-order chi connectivity index (χ0) is 15.5. The number of hydrogen-bond acceptors (Lipinski definition) is 2. The molecule has 2 aromatic carbocycles. The van der Waals surface area contributed by atoms with Crippen molar-refractivity contribution in [2.45, 2.75) is 19.0 Å². The summed E-state index contributed by atoms with van der Waals surface area (Å²) in [6, 6.07) is 13.5. The normalized spacial score (nSPS) is 13.7. The number of halogens is 2. The summed E-state index contributed by atoms with van der Waals surface area (Å²) in [7, 11) is 0. The fraction of sp³-hybridized carbons (Fsp3) is 0.188. The van der Waals surface area contributed by atoms with Crippen LogP contribution >= 0.6 is 11.6 Å². The molecule has 1 amide bonds. The molecule has 1 atom stereocenters. The molecule has 110 valence electrons. The highest BCUT2D eigenvalue weighted by Crippen LogP contribution is 2.29. The first-order valence-corrected chi connectivity index (χ1v) is 6.85. The standard InChI is InChI=1S/C16H16ClFN2O/c1-16(15(19)21,13-8-7-12(18)9-14(13)17)20-10-11-5-3-2-4-6-11/h2-9,20H,10H2,1H3,(H2,19,21). The van der Waals surface area contributed by atoms with Gasteiger partial charge in [-0.25, -0.2) is 4.39 Å². The Labute approximate surface area is 127 Å². The average Bonchev–Trinajstić information content (AvgIpc) is 2.45. The summed E-state index contributed by atoms with van der Waals surface area (Å²) >= 11 is 6.05. The molecule has 0 heterocycles. The number of hydrogen-bond donors (Lipinski definition) is 2. The molecule has 3 nitrogen and oxygen atoms in total. The third-order valence-corrected chi connectivity index (χ3v) is 3.76. The highest BCUT2D eigenvalue weighted by atomic mass is 35.5. The second-order valence-electron chi connectivity index (χ2n) is 4.95. The Hall–Kier alpha value is -1.91. The first-order chi connectivity index (χ1) is 9.93. The number of nitrogens with one attached hydrogen (secondary N) is 1. The quantitative estimate of drug-likeness (QED) is 0.892. The van der Waals surface area contributed by atoms with E-state index in [1.165, 1.54) is 18.2 Å². The van der Waals surface area contributed by atoms with Crippen molar-refractivity contribution in [2.24, 2.45) is 5.73 Å². The molecule has 2 rings (SSSR count). The van der Waals surface area contributed by atoms with Crippen molar-refractivity contribution in [3.8, 4) is 0 Å². The summed E-state index contributed by atoms with van der Waals surface area (Å²) in [5, 5.41) is 3.27. The fourth-order valence-electron chi connectivity index (χ4n) is 2.08. The lowest BCUT2D eigenvalue weighted by Gasteiger charge is -2.29. The minimum absolute atomic E-state index is 0.164. The molecule has 1 unspecified atom stereocenters. The van der Waals surface area contributed by atoms with Crippen LogP contribution in [0.1, 0.15) is 18.1 Å². The summed E-state index contributed by atoms with van der Waals surface area (Å²) in [5.74, 6) is -1.04. The molecule has 5 heteroatoms. The van der Waals surface area contributed by atoms with E-state index < -0.39 is 17.3 Å². The van der Waals surface area contributed by atoms with Gasteiger partial charge in [0.05, 0.1) is 0 Å². The van der Waals surface area contributed by atoms with Crippen molar-refractivity contribution in [2.75, 3.05) is 0 Å². The summed E-state index contributed by atoms with van der Waals surface area (Å²) in [6.07, 6.45) is 0. The topological polar surface area (TPSA) is 55.1 Å². The molecule has 3 N–H and O–H groups in total. The number of carbonyl (C=O) groups is 1. The Morgan fingerprint density at radius 1 is 1.29 bits per heavy atom. The fourth-order valence-corrected chi connectivity index (χ4v) is 2.44. The second-order valence-corrected chi connectivity index (χ2v) is 5.36. The van der Waals surface area contributed by atoms with Crippen LogP contribution in [0.2, 0.25) is 5.02 Å². The van der Waals surface area contributed by atoms with Gasteiger partial charge in [0.25, 0.3) is 0 Å². The van der Waals surface area contributed by atoms with E-state index in [0.717, 1.165) is 5.56 Å². The maximum atomic E-state index is 13.2. The third-order valence-electron chi connectivity index (χ3n) is 3.45. The molecule has 0 saturated heterocycles. The predicted molar refractivity (Wildman–Crippen MR) is 81.2 cm³/mol. The molecule has 0 aromatic heterocycles. The van der Waals surface area contributed by atoms with Crippen LogP contribution in [-0.2, 0) is 16.9 Å². The molecule has 0 spiro atoms. The van der Waals surface area contributed by atoms with Crippen LogP contribution in [-0.4, -0.2) is 5.91 Å². The third kappa shape index (κ3) is 3.40. The molecular weight excluding hydrogens is 291 g/mol.